The van der Waals surface area contributed by atoms with Gasteiger partial charge in [-0.25, -0.2) is 9.59 Å². The summed E-state index contributed by atoms with van der Waals surface area (Å²) in [4.78, 5) is 40.8. The summed E-state index contributed by atoms with van der Waals surface area (Å²) < 4.78 is 5.14. The minimum absolute atomic E-state index is 0.125. The van der Waals surface area contributed by atoms with Crippen molar-refractivity contribution in [2.75, 3.05) is 11.1 Å². The first-order valence-electron chi connectivity index (χ1n) is 7.62. The number of anilines is 2. The molecule has 0 aliphatic heterocycles. The van der Waals surface area contributed by atoms with E-state index in [0.717, 1.165) is 0 Å². The summed E-state index contributed by atoms with van der Waals surface area (Å²) in [6, 6.07) is 9.23. The number of aromatic amines is 2. The lowest BCUT2D eigenvalue weighted by Crippen LogP contribution is -2.30. The maximum atomic E-state index is 12.2. The molecule has 0 saturated carbocycles. The number of fused-ring (bicyclic) bond motifs is 1. The Labute approximate surface area is 152 Å². The fraction of sp³-hybridized carbons (Fsp3) is 0.118. The molecular formula is C17H15ClN4O4. The van der Waals surface area contributed by atoms with Gasteiger partial charge in [-0.15, -0.1) is 0 Å². The number of carbonyl (C=O) groups is 2. The molecular weight excluding hydrogens is 360 g/mol. The van der Waals surface area contributed by atoms with Crippen molar-refractivity contribution in [3.05, 3.63) is 57.5 Å². The predicted octanol–water partition coefficient (Wildman–Crippen LogP) is 2.28. The third-order valence-electron chi connectivity index (χ3n) is 3.67. The molecule has 0 fully saturated rings. The highest BCUT2D eigenvalue weighted by Gasteiger charge is 2.20. The summed E-state index contributed by atoms with van der Waals surface area (Å²) >= 11 is 5.79. The van der Waals surface area contributed by atoms with Gasteiger partial charge in [0.1, 0.15) is 0 Å². The Bertz CT molecular complexity index is 1060. The van der Waals surface area contributed by atoms with E-state index in [0.29, 0.717) is 21.7 Å². The van der Waals surface area contributed by atoms with Crippen LogP contribution in [0.5, 0.6) is 0 Å². The van der Waals surface area contributed by atoms with Crippen molar-refractivity contribution < 1.29 is 14.3 Å². The number of esters is 1. The lowest BCUT2D eigenvalue weighted by Gasteiger charge is -2.14. The molecule has 0 radical (unpaired) electrons. The number of aromatic nitrogens is 2. The molecule has 0 spiro atoms. The van der Waals surface area contributed by atoms with Gasteiger partial charge in [-0.1, -0.05) is 11.6 Å². The van der Waals surface area contributed by atoms with E-state index in [-0.39, 0.29) is 16.9 Å². The number of amides is 1. The van der Waals surface area contributed by atoms with Gasteiger partial charge < -0.3 is 25.8 Å². The van der Waals surface area contributed by atoms with E-state index < -0.39 is 18.0 Å². The zero-order chi connectivity index (χ0) is 18.8. The first-order chi connectivity index (χ1) is 12.3. The van der Waals surface area contributed by atoms with Crippen molar-refractivity contribution in [3.63, 3.8) is 0 Å². The monoisotopic (exact) mass is 374 g/mol. The number of nitrogens with two attached hydrogens (primary N) is 1. The van der Waals surface area contributed by atoms with Crippen molar-refractivity contribution in [2.45, 2.75) is 13.0 Å². The summed E-state index contributed by atoms with van der Waals surface area (Å²) in [6.45, 7) is 1.44. The number of ether oxygens (including phenoxy) is 1. The van der Waals surface area contributed by atoms with E-state index in [9.17, 15) is 14.4 Å². The van der Waals surface area contributed by atoms with Crippen LogP contribution in [0.4, 0.5) is 11.4 Å². The van der Waals surface area contributed by atoms with Crippen LogP contribution in [0.1, 0.15) is 17.3 Å². The average Bonchev–Trinajstić information content (AvgIpc) is 2.93. The lowest BCUT2D eigenvalue weighted by atomic mass is 10.2. The summed E-state index contributed by atoms with van der Waals surface area (Å²) in [5.41, 5.74) is 7.30. The Morgan fingerprint density at radius 3 is 2.62 bits per heavy atom. The normalized spacial score (nSPS) is 11.9. The molecule has 5 N–H and O–H groups in total. The first-order valence-corrected chi connectivity index (χ1v) is 8.00. The minimum Gasteiger partial charge on any atom is -0.449 e. The molecule has 0 aliphatic carbocycles. The fourth-order valence-electron chi connectivity index (χ4n) is 2.35. The Balaban J connectivity index is 1.68. The van der Waals surface area contributed by atoms with E-state index in [2.05, 4.69) is 15.3 Å². The average molecular weight is 375 g/mol. The number of halogens is 1. The molecule has 3 aromatic rings. The van der Waals surface area contributed by atoms with Crippen LogP contribution in [0.25, 0.3) is 11.0 Å². The second kappa shape index (κ2) is 6.93. The minimum atomic E-state index is -1.06. The van der Waals surface area contributed by atoms with Gasteiger partial charge >= 0.3 is 11.7 Å². The van der Waals surface area contributed by atoms with Crippen molar-refractivity contribution in [1.29, 1.82) is 0 Å². The number of nitrogens with one attached hydrogen (secondary N) is 3. The highest BCUT2D eigenvalue weighted by molar-refractivity contribution is 6.31. The van der Waals surface area contributed by atoms with Crippen LogP contribution >= 0.6 is 11.6 Å². The van der Waals surface area contributed by atoms with Crippen LogP contribution in [0.2, 0.25) is 5.02 Å². The van der Waals surface area contributed by atoms with Gasteiger partial charge in [-0.2, -0.15) is 0 Å². The van der Waals surface area contributed by atoms with Crippen molar-refractivity contribution >= 4 is 45.9 Å². The Morgan fingerprint density at radius 1 is 1.15 bits per heavy atom. The van der Waals surface area contributed by atoms with Gasteiger partial charge in [-0.05, 0) is 43.3 Å². The smallest absolute Gasteiger partial charge is 0.341 e. The second-order valence-corrected chi connectivity index (χ2v) is 6.04. The molecule has 2 aromatic carbocycles. The summed E-state index contributed by atoms with van der Waals surface area (Å²) in [7, 11) is 0. The van der Waals surface area contributed by atoms with E-state index in [1.54, 1.807) is 18.2 Å². The van der Waals surface area contributed by atoms with Crippen LogP contribution in [0.15, 0.2) is 41.2 Å². The Hall–Kier alpha value is -3.26. The zero-order valence-corrected chi connectivity index (χ0v) is 14.4. The molecule has 3 rings (SSSR count). The Morgan fingerprint density at radius 2 is 1.88 bits per heavy atom. The number of rotatable bonds is 4. The quantitative estimate of drug-likeness (QED) is 0.411. The van der Waals surface area contributed by atoms with Gasteiger partial charge in [-0.3, -0.25) is 4.79 Å². The van der Waals surface area contributed by atoms with E-state index in [1.165, 1.54) is 25.1 Å². The maximum Gasteiger partial charge on any atom is 0.341 e. The van der Waals surface area contributed by atoms with Gasteiger partial charge in [0.25, 0.3) is 5.91 Å². The SMILES string of the molecule is C[C@H](OC(=O)c1ccc(Cl)cc1N)C(=O)Nc1ccc2[nH]c(=O)[nH]c2c1. The number of hydrogen-bond acceptors (Lipinski definition) is 5. The summed E-state index contributed by atoms with van der Waals surface area (Å²) in [6.07, 6.45) is -1.06. The molecule has 1 heterocycles. The Kier molecular flexibility index (Phi) is 4.68. The molecule has 134 valence electrons. The third kappa shape index (κ3) is 3.70. The molecule has 9 heteroatoms. The highest BCUT2D eigenvalue weighted by atomic mass is 35.5. The number of carbonyl (C=O) groups excluding carboxylic acids is 2. The third-order valence-corrected chi connectivity index (χ3v) is 3.91. The van der Waals surface area contributed by atoms with Crippen LogP contribution in [0, 0.1) is 0 Å². The van der Waals surface area contributed by atoms with Gasteiger partial charge in [0.05, 0.1) is 16.6 Å². The van der Waals surface area contributed by atoms with Crippen molar-refractivity contribution in [2.24, 2.45) is 0 Å². The maximum absolute atomic E-state index is 12.2. The number of nitrogen functional groups attached to an aromatic ring is 1. The fourth-order valence-corrected chi connectivity index (χ4v) is 2.53. The molecule has 0 unspecified atom stereocenters. The molecule has 26 heavy (non-hydrogen) atoms. The molecule has 0 bridgehead atoms. The molecule has 1 aromatic heterocycles. The number of H-pyrrole nitrogens is 2. The second-order valence-electron chi connectivity index (χ2n) is 5.61. The summed E-state index contributed by atoms with van der Waals surface area (Å²) in [5.74, 6) is -1.25. The van der Waals surface area contributed by atoms with Crippen molar-refractivity contribution in [3.8, 4) is 0 Å². The molecule has 1 amide bonds. The van der Waals surface area contributed by atoms with E-state index >= 15 is 0 Å². The van der Waals surface area contributed by atoms with E-state index in [4.69, 9.17) is 22.1 Å². The molecule has 0 aliphatic rings. The number of imidazole rings is 1. The van der Waals surface area contributed by atoms with E-state index in [1.807, 2.05) is 0 Å². The van der Waals surface area contributed by atoms with Crippen LogP contribution in [-0.4, -0.2) is 27.9 Å². The molecule has 0 saturated heterocycles. The lowest BCUT2D eigenvalue weighted by molar-refractivity contribution is -0.123. The predicted molar refractivity (Wildman–Crippen MR) is 98.3 cm³/mol. The largest absolute Gasteiger partial charge is 0.449 e. The number of benzene rings is 2. The van der Waals surface area contributed by atoms with Gasteiger partial charge in [0.15, 0.2) is 6.10 Å². The van der Waals surface area contributed by atoms with Crippen LogP contribution in [-0.2, 0) is 9.53 Å². The van der Waals surface area contributed by atoms with Gasteiger partial charge in [0, 0.05) is 16.4 Å². The summed E-state index contributed by atoms with van der Waals surface area (Å²) in [5, 5.41) is 3.01. The molecule has 1 atom stereocenters. The van der Waals surface area contributed by atoms with Crippen LogP contribution < -0.4 is 16.7 Å². The first kappa shape index (κ1) is 17.6. The number of hydrogen-bond donors (Lipinski definition) is 4. The zero-order valence-electron chi connectivity index (χ0n) is 13.6. The van der Waals surface area contributed by atoms with Gasteiger partial charge in [0.2, 0.25) is 0 Å². The standard InChI is InChI=1S/C17H15ClN4O4/c1-8(26-16(24)11-4-2-9(18)6-12(11)19)15(23)20-10-3-5-13-14(7-10)22-17(25)21-13/h2-8H,19H2,1H3,(H,20,23)(H2,21,22,25)/t8-/m0/s1. The van der Waals surface area contributed by atoms with Crippen LogP contribution in [0.3, 0.4) is 0 Å². The topological polar surface area (TPSA) is 130 Å². The molecule has 8 nitrogen and oxygen atoms in total. The van der Waals surface area contributed by atoms with Crippen molar-refractivity contribution in [1.82, 2.24) is 9.97 Å². The highest BCUT2D eigenvalue weighted by Crippen LogP contribution is 2.20.